The highest BCUT2D eigenvalue weighted by Crippen LogP contribution is 2.37. The van der Waals surface area contributed by atoms with E-state index in [1.807, 2.05) is 0 Å². The van der Waals surface area contributed by atoms with Crippen LogP contribution in [0.15, 0.2) is 0 Å². The van der Waals surface area contributed by atoms with Crippen molar-refractivity contribution >= 4 is 0 Å². The Bertz CT molecular complexity index is 126. The van der Waals surface area contributed by atoms with Gasteiger partial charge in [0.15, 0.2) is 0 Å². The zero-order chi connectivity index (χ0) is 7.68. The topological polar surface area (TPSA) is 35.2 Å². The summed E-state index contributed by atoms with van der Waals surface area (Å²) in [6.45, 7) is 1.97. The van der Waals surface area contributed by atoms with Gasteiger partial charge in [-0.05, 0) is 37.5 Å². The molecule has 0 aromatic heterocycles. The van der Waals surface area contributed by atoms with E-state index in [0.29, 0.717) is 6.04 Å². The van der Waals surface area contributed by atoms with Gasteiger partial charge in [-0.2, -0.15) is 0 Å². The van der Waals surface area contributed by atoms with Gasteiger partial charge in [0, 0.05) is 19.3 Å². The van der Waals surface area contributed by atoms with Gasteiger partial charge in [0.2, 0.25) is 0 Å². The van der Waals surface area contributed by atoms with Crippen LogP contribution in [-0.2, 0) is 4.74 Å². The van der Waals surface area contributed by atoms with E-state index in [4.69, 9.17) is 10.5 Å². The van der Waals surface area contributed by atoms with Gasteiger partial charge in [0.05, 0.1) is 0 Å². The predicted octanol–water partition coefficient (Wildman–Crippen LogP) is 1.15. The molecule has 1 aliphatic heterocycles. The zero-order valence-electron chi connectivity index (χ0n) is 6.96. The third kappa shape index (κ3) is 1.57. The molecule has 2 rings (SSSR count). The molecule has 0 unspecified atom stereocenters. The molecule has 0 radical (unpaired) electrons. The Morgan fingerprint density at radius 3 is 2.18 bits per heavy atom. The number of hydrogen-bond donors (Lipinski definition) is 1. The van der Waals surface area contributed by atoms with E-state index < -0.39 is 0 Å². The molecule has 11 heavy (non-hydrogen) atoms. The molecule has 0 aromatic carbocycles. The van der Waals surface area contributed by atoms with Crippen molar-refractivity contribution in [3.05, 3.63) is 0 Å². The summed E-state index contributed by atoms with van der Waals surface area (Å²) >= 11 is 0. The molecule has 1 saturated heterocycles. The van der Waals surface area contributed by atoms with Gasteiger partial charge in [-0.1, -0.05) is 0 Å². The first-order valence-corrected chi connectivity index (χ1v) is 4.69. The Kier molecular flexibility index (Phi) is 2.14. The zero-order valence-corrected chi connectivity index (χ0v) is 6.96. The molecule has 2 N–H and O–H groups in total. The van der Waals surface area contributed by atoms with Crippen molar-refractivity contribution in [1.82, 2.24) is 0 Å². The predicted molar refractivity (Wildman–Crippen MR) is 44.2 cm³/mol. The smallest absolute Gasteiger partial charge is 0.0468 e. The normalized spacial score (nSPS) is 40.1. The first-order chi connectivity index (χ1) is 5.36. The molecular formula is C9H17NO. The number of hydrogen-bond acceptors (Lipinski definition) is 2. The molecule has 0 bridgehead atoms. The van der Waals surface area contributed by atoms with Gasteiger partial charge in [-0.3, -0.25) is 0 Å². The lowest BCUT2D eigenvalue weighted by Crippen LogP contribution is -2.41. The Morgan fingerprint density at radius 1 is 1.00 bits per heavy atom. The van der Waals surface area contributed by atoms with Crippen molar-refractivity contribution in [3.8, 4) is 0 Å². The van der Waals surface area contributed by atoms with Gasteiger partial charge in [0.1, 0.15) is 0 Å². The highest BCUT2D eigenvalue weighted by Gasteiger charge is 2.33. The van der Waals surface area contributed by atoms with E-state index >= 15 is 0 Å². The summed E-state index contributed by atoms with van der Waals surface area (Å²) in [4.78, 5) is 0. The summed E-state index contributed by atoms with van der Waals surface area (Å²) in [5, 5.41) is 0. The Hall–Kier alpha value is -0.0800. The van der Waals surface area contributed by atoms with Crippen molar-refractivity contribution in [1.29, 1.82) is 0 Å². The van der Waals surface area contributed by atoms with Crippen LogP contribution in [0, 0.1) is 11.8 Å². The van der Waals surface area contributed by atoms with Crippen LogP contribution in [0.2, 0.25) is 0 Å². The monoisotopic (exact) mass is 155 g/mol. The summed E-state index contributed by atoms with van der Waals surface area (Å²) in [5.74, 6) is 1.87. The van der Waals surface area contributed by atoms with Crippen LogP contribution < -0.4 is 5.73 Å². The lowest BCUT2D eigenvalue weighted by molar-refractivity contribution is 0.0247. The van der Waals surface area contributed by atoms with Crippen LogP contribution in [0.3, 0.4) is 0 Å². The second-order valence-corrected chi connectivity index (χ2v) is 3.94. The second-order valence-electron chi connectivity index (χ2n) is 3.94. The fourth-order valence-electron chi connectivity index (χ4n) is 2.28. The number of ether oxygens (including phenoxy) is 1. The maximum atomic E-state index is 5.74. The van der Waals surface area contributed by atoms with E-state index in [9.17, 15) is 0 Å². The Labute approximate surface area is 68.1 Å². The van der Waals surface area contributed by atoms with Crippen LogP contribution in [0.4, 0.5) is 0 Å². The van der Waals surface area contributed by atoms with Crippen molar-refractivity contribution in [2.75, 3.05) is 13.2 Å². The lowest BCUT2D eigenvalue weighted by atomic mass is 9.70. The van der Waals surface area contributed by atoms with Crippen LogP contribution in [0.1, 0.15) is 25.7 Å². The quantitative estimate of drug-likeness (QED) is 0.616. The standard InChI is InChI=1S/C9H17NO/c10-9-5-8(6-9)7-1-3-11-4-2-7/h7-9H,1-6,10H2. The van der Waals surface area contributed by atoms with Crippen molar-refractivity contribution in [2.24, 2.45) is 17.6 Å². The minimum Gasteiger partial charge on any atom is -0.381 e. The lowest BCUT2D eigenvalue weighted by Gasteiger charge is -2.40. The molecule has 1 saturated carbocycles. The minimum atomic E-state index is 0.517. The van der Waals surface area contributed by atoms with Gasteiger partial charge in [-0.25, -0.2) is 0 Å². The summed E-state index contributed by atoms with van der Waals surface area (Å²) in [6, 6.07) is 0.517. The van der Waals surface area contributed by atoms with Gasteiger partial charge >= 0.3 is 0 Å². The second kappa shape index (κ2) is 3.11. The molecule has 0 spiro atoms. The summed E-state index contributed by atoms with van der Waals surface area (Å²) in [6.07, 6.45) is 5.09. The molecule has 2 fully saturated rings. The average molecular weight is 155 g/mol. The fraction of sp³-hybridized carbons (Fsp3) is 1.00. The highest BCUT2D eigenvalue weighted by atomic mass is 16.5. The Morgan fingerprint density at radius 2 is 1.64 bits per heavy atom. The van der Waals surface area contributed by atoms with E-state index in [1.54, 1.807) is 0 Å². The minimum absolute atomic E-state index is 0.517. The van der Waals surface area contributed by atoms with E-state index in [0.717, 1.165) is 25.0 Å². The fourth-order valence-corrected chi connectivity index (χ4v) is 2.28. The molecule has 64 valence electrons. The van der Waals surface area contributed by atoms with Gasteiger partial charge in [0.25, 0.3) is 0 Å². The summed E-state index contributed by atoms with van der Waals surface area (Å²) in [7, 11) is 0. The Balaban J connectivity index is 1.76. The third-order valence-corrected chi connectivity index (χ3v) is 3.14. The molecule has 0 atom stereocenters. The molecular weight excluding hydrogens is 138 g/mol. The first-order valence-electron chi connectivity index (χ1n) is 4.69. The van der Waals surface area contributed by atoms with Crippen molar-refractivity contribution in [3.63, 3.8) is 0 Å². The molecule has 1 aliphatic carbocycles. The van der Waals surface area contributed by atoms with Gasteiger partial charge in [-0.15, -0.1) is 0 Å². The van der Waals surface area contributed by atoms with Crippen LogP contribution in [-0.4, -0.2) is 19.3 Å². The molecule has 0 amide bonds. The molecule has 0 aromatic rings. The number of nitrogens with two attached hydrogens (primary N) is 1. The van der Waals surface area contributed by atoms with Gasteiger partial charge < -0.3 is 10.5 Å². The molecule has 2 nitrogen and oxygen atoms in total. The maximum absolute atomic E-state index is 5.74. The SMILES string of the molecule is NC1CC(C2CCOCC2)C1. The first kappa shape index (κ1) is 7.56. The molecule has 2 aliphatic rings. The van der Waals surface area contributed by atoms with E-state index in [-0.39, 0.29) is 0 Å². The molecule has 1 heterocycles. The van der Waals surface area contributed by atoms with Crippen molar-refractivity contribution in [2.45, 2.75) is 31.7 Å². The molecule has 2 heteroatoms. The highest BCUT2D eigenvalue weighted by molar-refractivity contribution is 4.87. The summed E-state index contributed by atoms with van der Waals surface area (Å²) < 4.78 is 5.31. The van der Waals surface area contributed by atoms with Crippen LogP contribution >= 0.6 is 0 Å². The average Bonchev–Trinajstić information content (AvgIpc) is 2.01. The maximum Gasteiger partial charge on any atom is 0.0468 e. The van der Waals surface area contributed by atoms with Crippen LogP contribution in [0.25, 0.3) is 0 Å². The van der Waals surface area contributed by atoms with E-state index in [2.05, 4.69) is 0 Å². The third-order valence-electron chi connectivity index (χ3n) is 3.14. The van der Waals surface area contributed by atoms with Crippen LogP contribution in [0.5, 0.6) is 0 Å². The summed E-state index contributed by atoms with van der Waals surface area (Å²) in [5.41, 5.74) is 5.74. The number of rotatable bonds is 1. The van der Waals surface area contributed by atoms with E-state index in [1.165, 1.54) is 25.7 Å². The largest absolute Gasteiger partial charge is 0.381 e. The van der Waals surface area contributed by atoms with Crippen molar-refractivity contribution < 1.29 is 4.74 Å².